The monoisotopic (exact) mass is 395 g/mol. The molecular formula is C15H18BrN5O3. The van der Waals surface area contributed by atoms with E-state index in [0.717, 1.165) is 12.8 Å². The molecule has 1 fully saturated rings. The predicted octanol–water partition coefficient (Wildman–Crippen LogP) is 2.51. The SMILES string of the molecule is Cc1nn2c(N=O)c(C(=O)NC3CC3)c(=O)n(CC(C)C)c2c1Br. The van der Waals surface area contributed by atoms with Crippen molar-refractivity contribution in [1.29, 1.82) is 0 Å². The van der Waals surface area contributed by atoms with Crippen LogP contribution in [-0.2, 0) is 6.54 Å². The van der Waals surface area contributed by atoms with E-state index < -0.39 is 11.5 Å². The lowest BCUT2D eigenvalue weighted by Crippen LogP contribution is -2.36. The molecular weight excluding hydrogens is 378 g/mol. The zero-order valence-electron chi connectivity index (χ0n) is 13.7. The zero-order chi connectivity index (χ0) is 17.6. The topological polar surface area (TPSA) is 97.8 Å². The van der Waals surface area contributed by atoms with Gasteiger partial charge in [-0.15, -0.1) is 4.91 Å². The molecule has 0 aromatic carbocycles. The Morgan fingerprint density at radius 1 is 1.46 bits per heavy atom. The lowest BCUT2D eigenvalue weighted by atomic mass is 10.2. The summed E-state index contributed by atoms with van der Waals surface area (Å²) in [6.45, 7) is 6.08. The molecule has 128 valence electrons. The van der Waals surface area contributed by atoms with E-state index in [4.69, 9.17) is 0 Å². The molecule has 0 saturated heterocycles. The average Bonchev–Trinajstić information content (AvgIpc) is 3.27. The summed E-state index contributed by atoms with van der Waals surface area (Å²) in [5.41, 5.74) is 0.268. The van der Waals surface area contributed by atoms with Crippen LogP contribution in [0.4, 0.5) is 5.82 Å². The maximum absolute atomic E-state index is 12.9. The van der Waals surface area contributed by atoms with Crippen molar-refractivity contribution in [2.45, 2.75) is 46.2 Å². The van der Waals surface area contributed by atoms with E-state index in [-0.39, 0.29) is 23.3 Å². The zero-order valence-corrected chi connectivity index (χ0v) is 15.3. The number of nitroso groups, excluding NO2 is 1. The minimum atomic E-state index is -0.569. The Hall–Kier alpha value is -2.03. The largest absolute Gasteiger partial charge is 0.349 e. The van der Waals surface area contributed by atoms with Gasteiger partial charge in [-0.25, -0.2) is 0 Å². The number of fused-ring (bicyclic) bond motifs is 1. The third kappa shape index (κ3) is 2.77. The van der Waals surface area contributed by atoms with Crippen molar-refractivity contribution in [2.24, 2.45) is 11.1 Å². The van der Waals surface area contributed by atoms with Crippen molar-refractivity contribution >= 4 is 33.3 Å². The minimum Gasteiger partial charge on any atom is -0.349 e. The molecule has 1 aliphatic rings. The van der Waals surface area contributed by atoms with Crippen LogP contribution in [0.5, 0.6) is 0 Å². The Balaban J connectivity index is 2.33. The molecule has 0 aliphatic heterocycles. The Morgan fingerprint density at radius 3 is 2.67 bits per heavy atom. The molecule has 0 radical (unpaired) electrons. The summed E-state index contributed by atoms with van der Waals surface area (Å²) in [6.07, 6.45) is 1.76. The Labute approximate surface area is 146 Å². The van der Waals surface area contributed by atoms with Gasteiger partial charge in [0.25, 0.3) is 11.5 Å². The van der Waals surface area contributed by atoms with Gasteiger partial charge in [0.1, 0.15) is 0 Å². The van der Waals surface area contributed by atoms with Gasteiger partial charge in [0.15, 0.2) is 11.2 Å². The Kier molecular flexibility index (Phi) is 4.29. The molecule has 1 aliphatic carbocycles. The van der Waals surface area contributed by atoms with Crippen LogP contribution in [0.2, 0.25) is 0 Å². The summed E-state index contributed by atoms with van der Waals surface area (Å²) in [7, 11) is 0. The molecule has 24 heavy (non-hydrogen) atoms. The lowest BCUT2D eigenvalue weighted by molar-refractivity contribution is 0.0949. The van der Waals surface area contributed by atoms with Crippen LogP contribution >= 0.6 is 15.9 Å². The highest BCUT2D eigenvalue weighted by molar-refractivity contribution is 9.10. The van der Waals surface area contributed by atoms with E-state index in [1.54, 1.807) is 6.92 Å². The van der Waals surface area contributed by atoms with Crippen LogP contribution in [-0.4, -0.2) is 26.1 Å². The van der Waals surface area contributed by atoms with E-state index in [9.17, 15) is 14.5 Å². The molecule has 3 rings (SSSR count). The highest BCUT2D eigenvalue weighted by atomic mass is 79.9. The quantitative estimate of drug-likeness (QED) is 0.786. The highest BCUT2D eigenvalue weighted by Gasteiger charge is 2.30. The summed E-state index contributed by atoms with van der Waals surface area (Å²) in [5.74, 6) is -0.661. The first-order valence-electron chi connectivity index (χ1n) is 7.81. The summed E-state index contributed by atoms with van der Waals surface area (Å²) in [5, 5.41) is 9.95. The molecule has 1 amide bonds. The first-order chi connectivity index (χ1) is 11.3. The van der Waals surface area contributed by atoms with E-state index in [1.807, 2.05) is 13.8 Å². The van der Waals surface area contributed by atoms with E-state index in [1.165, 1.54) is 9.08 Å². The summed E-state index contributed by atoms with van der Waals surface area (Å²) in [4.78, 5) is 36.8. The maximum atomic E-state index is 12.9. The number of nitrogens with one attached hydrogen (secondary N) is 1. The van der Waals surface area contributed by atoms with Crippen LogP contribution in [0, 0.1) is 17.7 Å². The van der Waals surface area contributed by atoms with Gasteiger partial charge in [0.2, 0.25) is 5.82 Å². The minimum absolute atomic E-state index is 0.0664. The fourth-order valence-electron chi connectivity index (χ4n) is 2.61. The second-order valence-electron chi connectivity index (χ2n) is 6.48. The predicted molar refractivity (Wildman–Crippen MR) is 92.7 cm³/mol. The molecule has 2 aromatic rings. The lowest BCUT2D eigenvalue weighted by Gasteiger charge is -2.14. The van der Waals surface area contributed by atoms with Gasteiger partial charge in [0, 0.05) is 12.6 Å². The van der Waals surface area contributed by atoms with Gasteiger partial charge in [-0.1, -0.05) is 13.8 Å². The smallest absolute Gasteiger partial charge is 0.269 e. The highest BCUT2D eigenvalue weighted by Crippen LogP contribution is 2.28. The number of rotatable bonds is 5. The Morgan fingerprint density at radius 2 is 2.12 bits per heavy atom. The van der Waals surface area contributed by atoms with Crippen LogP contribution < -0.4 is 10.9 Å². The number of aromatic nitrogens is 3. The van der Waals surface area contributed by atoms with Crippen LogP contribution in [0.25, 0.3) is 5.65 Å². The summed E-state index contributed by atoms with van der Waals surface area (Å²) >= 11 is 3.41. The van der Waals surface area contributed by atoms with Crippen molar-refractivity contribution in [3.63, 3.8) is 0 Å². The number of nitrogens with zero attached hydrogens (tertiary/aromatic N) is 4. The number of halogens is 1. The molecule has 0 atom stereocenters. The van der Waals surface area contributed by atoms with E-state index in [0.29, 0.717) is 22.4 Å². The molecule has 9 heteroatoms. The fraction of sp³-hybridized carbons (Fsp3) is 0.533. The van der Waals surface area contributed by atoms with Gasteiger partial charge < -0.3 is 5.32 Å². The maximum Gasteiger partial charge on any atom is 0.269 e. The molecule has 1 saturated carbocycles. The fourth-order valence-corrected chi connectivity index (χ4v) is 3.07. The van der Waals surface area contributed by atoms with Gasteiger partial charge >= 0.3 is 0 Å². The number of aryl methyl sites for hydroxylation is 1. The molecule has 0 spiro atoms. The second kappa shape index (κ2) is 6.12. The van der Waals surface area contributed by atoms with Crippen molar-refractivity contribution in [3.05, 3.63) is 31.0 Å². The van der Waals surface area contributed by atoms with Crippen molar-refractivity contribution < 1.29 is 4.79 Å². The third-order valence-corrected chi connectivity index (χ3v) is 4.81. The normalized spacial score (nSPS) is 14.4. The molecule has 2 aromatic heterocycles. The number of hydrogen-bond donors (Lipinski definition) is 1. The van der Waals surface area contributed by atoms with Gasteiger partial charge in [-0.3, -0.25) is 14.2 Å². The average molecular weight is 396 g/mol. The molecule has 0 bridgehead atoms. The first-order valence-corrected chi connectivity index (χ1v) is 8.60. The number of hydrogen-bond acceptors (Lipinski definition) is 5. The first kappa shape index (κ1) is 16.8. The second-order valence-corrected chi connectivity index (χ2v) is 7.28. The van der Waals surface area contributed by atoms with Crippen molar-refractivity contribution in [1.82, 2.24) is 19.5 Å². The molecule has 2 heterocycles. The van der Waals surface area contributed by atoms with Crippen molar-refractivity contribution in [3.8, 4) is 0 Å². The van der Waals surface area contributed by atoms with Crippen LogP contribution in [0.3, 0.4) is 0 Å². The summed E-state index contributed by atoms with van der Waals surface area (Å²) in [6, 6.07) is 0.0664. The van der Waals surface area contributed by atoms with Gasteiger partial charge in [0.05, 0.1) is 10.2 Å². The van der Waals surface area contributed by atoms with Gasteiger partial charge in [-0.2, -0.15) is 9.61 Å². The molecule has 8 nitrogen and oxygen atoms in total. The summed E-state index contributed by atoms with van der Waals surface area (Å²) < 4.78 is 3.36. The standard InChI is InChI=1S/C15H18BrN5O3/c1-7(2)6-20-14-11(16)8(3)18-21(14)12(19-24)10(15(20)23)13(22)17-9-4-5-9/h7,9H,4-6H2,1-3H3,(H,17,22). The molecule has 1 N–H and O–H groups in total. The van der Waals surface area contributed by atoms with Crippen LogP contribution in [0.1, 0.15) is 42.7 Å². The number of carbonyl (C=O) groups excluding carboxylic acids is 1. The number of carbonyl (C=O) groups is 1. The molecule has 0 unspecified atom stereocenters. The number of amides is 1. The van der Waals surface area contributed by atoms with E-state index >= 15 is 0 Å². The Bertz CT molecular complexity index is 895. The van der Waals surface area contributed by atoms with Gasteiger partial charge in [-0.05, 0) is 46.8 Å². The van der Waals surface area contributed by atoms with E-state index in [2.05, 4.69) is 31.5 Å². The third-order valence-electron chi connectivity index (χ3n) is 3.88. The van der Waals surface area contributed by atoms with Crippen LogP contribution in [0.15, 0.2) is 14.4 Å². The van der Waals surface area contributed by atoms with Crippen molar-refractivity contribution in [2.75, 3.05) is 0 Å².